The molecule has 1 saturated heterocycles. The predicted octanol–water partition coefficient (Wildman–Crippen LogP) is 5.43. The van der Waals surface area contributed by atoms with Gasteiger partial charge in [-0.2, -0.15) is 15.0 Å². The largest absolute Gasteiger partial charge is 0.497 e. The van der Waals surface area contributed by atoms with Gasteiger partial charge in [0.25, 0.3) is 0 Å². The van der Waals surface area contributed by atoms with E-state index >= 15 is 0 Å². The molecule has 8 heteroatoms. The van der Waals surface area contributed by atoms with Gasteiger partial charge in [-0.05, 0) is 62.9 Å². The summed E-state index contributed by atoms with van der Waals surface area (Å²) >= 11 is 0. The van der Waals surface area contributed by atoms with Crippen LogP contribution in [0.2, 0.25) is 0 Å². The first kappa shape index (κ1) is 23.8. The predicted molar refractivity (Wildman–Crippen MR) is 145 cm³/mol. The molecule has 2 aromatic carbocycles. The highest BCUT2D eigenvalue weighted by molar-refractivity contribution is 5.85. The molecule has 5 rings (SSSR count). The first-order valence-electron chi connectivity index (χ1n) is 12.5. The van der Waals surface area contributed by atoms with Crippen molar-refractivity contribution in [3.05, 3.63) is 71.0 Å². The maximum atomic E-state index is 5.24. The first-order chi connectivity index (χ1) is 17.5. The zero-order valence-electron chi connectivity index (χ0n) is 21.4. The van der Waals surface area contributed by atoms with Crippen LogP contribution in [0.3, 0.4) is 0 Å². The van der Waals surface area contributed by atoms with Gasteiger partial charge in [-0.1, -0.05) is 30.3 Å². The number of aryl methyl sites for hydroxylation is 2. The summed E-state index contributed by atoms with van der Waals surface area (Å²) in [7, 11) is 1.67. The maximum absolute atomic E-state index is 5.24. The highest BCUT2D eigenvalue weighted by Crippen LogP contribution is 2.33. The molecule has 36 heavy (non-hydrogen) atoms. The van der Waals surface area contributed by atoms with E-state index in [4.69, 9.17) is 9.72 Å². The topological polar surface area (TPSA) is 88.1 Å². The zero-order valence-corrected chi connectivity index (χ0v) is 21.4. The summed E-state index contributed by atoms with van der Waals surface area (Å²) in [6.07, 6.45) is 2.40. The third-order valence-electron chi connectivity index (χ3n) is 6.63. The van der Waals surface area contributed by atoms with Crippen molar-refractivity contribution in [2.24, 2.45) is 0 Å². The lowest BCUT2D eigenvalue weighted by atomic mass is 10.0. The number of benzene rings is 2. The molecule has 3 heterocycles. The molecule has 0 saturated carbocycles. The number of methoxy groups -OCH3 is 1. The SMILES string of the molecule is COc1ccc(CNc2nc(C)nc(NC(C)c3cc4cccc(C)c4nc3N3CCCC3)n2)cc1. The second-order valence-electron chi connectivity index (χ2n) is 9.34. The molecule has 186 valence electrons. The van der Waals surface area contributed by atoms with E-state index < -0.39 is 0 Å². The standard InChI is InChI=1S/C28H33N7O/c1-18-8-7-9-22-16-24(26(33-25(18)22)35-14-5-6-15-35)19(2)30-28-32-20(3)31-27(34-28)29-17-21-10-12-23(36-4)13-11-21/h7-13,16,19H,5-6,14-15,17H2,1-4H3,(H2,29,30,31,32,34). The van der Waals surface area contributed by atoms with Crippen molar-refractivity contribution in [1.29, 1.82) is 0 Å². The van der Waals surface area contributed by atoms with Crippen LogP contribution in [0.1, 0.15) is 48.3 Å². The Balaban J connectivity index is 1.38. The number of ether oxygens (including phenoxy) is 1. The van der Waals surface area contributed by atoms with E-state index in [0.717, 1.165) is 46.7 Å². The number of hydrogen-bond acceptors (Lipinski definition) is 8. The summed E-state index contributed by atoms with van der Waals surface area (Å²) in [5.41, 5.74) is 4.53. The van der Waals surface area contributed by atoms with Crippen LogP contribution >= 0.6 is 0 Å². The van der Waals surface area contributed by atoms with Crippen molar-refractivity contribution >= 4 is 28.6 Å². The molecule has 1 unspecified atom stereocenters. The zero-order chi connectivity index (χ0) is 25.1. The highest BCUT2D eigenvalue weighted by atomic mass is 16.5. The smallest absolute Gasteiger partial charge is 0.228 e. The molecule has 4 aromatic rings. The van der Waals surface area contributed by atoms with Gasteiger partial charge in [0.1, 0.15) is 17.4 Å². The molecule has 0 bridgehead atoms. The molecule has 1 aliphatic rings. The van der Waals surface area contributed by atoms with Crippen LogP contribution in [0.5, 0.6) is 5.75 Å². The minimum absolute atomic E-state index is 0.0331. The number of para-hydroxylation sites is 1. The third kappa shape index (κ3) is 5.17. The van der Waals surface area contributed by atoms with Gasteiger partial charge in [0.15, 0.2) is 0 Å². The number of fused-ring (bicyclic) bond motifs is 1. The Bertz CT molecular complexity index is 1350. The average Bonchev–Trinajstić information content (AvgIpc) is 3.42. The van der Waals surface area contributed by atoms with Crippen LogP contribution in [0.25, 0.3) is 10.9 Å². The summed E-state index contributed by atoms with van der Waals surface area (Å²) in [4.78, 5) is 21.2. The summed E-state index contributed by atoms with van der Waals surface area (Å²) < 4.78 is 5.24. The van der Waals surface area contributed by atoms with Crippen LogP contribution in [0.15, 0.2) is 48.5 Å². The Kier molecular flexibility index (Phi) is 6.84. The van der Waals surface area contributed by atoms with Gasteiger partial charge in [0.05, 0.1) is 18.7 Å². The fourth-order valence-corrected chi connectivity index (χ4v) is 4.68. The van der Waals surface area contributed by atoms with E-state index in [1.807, 2.05) is 31.2 Å². The molecule has 1 fully saturated rings. The van der Waals surface area contributed by atoms with Gasteiger partial charge in [-0.3, -0.25) is 0 Å². The second kappa shape index (κ2) is 10.4. The molecule has 1 aliphatic heterocycles. The van der Waals surface area contributed by atoms with Crippen molar-refractivity contribution in [2.45, 2.75) is 46.2 Å². The van der Waals surface area contributed by atoms with Crippen LogP contribution in [0.4, 0.5) is 17.7 Å². The van der Waals surface area contributed by atoms with E-state index in [-0.39, 0.29) is 6.04 Å². The fourth-order valence-electron chi connectivity index (χ4n) is 4.68. The quantitative estimate of drug-likeness (QED) is 0.343. The molecular formula is C28H33N7O. The Morgan fingerprint density at radius 3 is 2.44 bits per heavy atom. The van der Waals surface area contributed by atoms with Crippen LogP contribution in [-0.4, -0.2) is 40.1 Å². The van der Waals surface area contributed by atoms with Crippen LogP contribution < -0.4 is 20.3 Å². The van der Waals surface area contributed by atoms with Crippen LogP contribution in [-0.2, 0) is 6.54 Å². The van der Waals surface area contributed by atoms with Gasteiger partial charge in [0, 0.05) is 30.6 Å². The van der Waals surface area contributed by atoms with Crippen molar-refractivity contribution in [3.8, 4) is 5.75 Å². The molecule has 0 spiro atoms. The summed E-state index contributed by atoms with van der Waals surface area (Å²) in [5.74, 6) is 3.63. The van der Waals surface area contributed by atoms with Crippen molar-refractivity contribution in [2.75, 3.05) is 35.7 Å². The molecule has 0 radical (unpaired) electrons. The van der Waals surface area contributed by atoms with E-state index in [0.29, 0.717) is 24.3 Å². The number of pyridine rings is 1. The summed E-state index contributed by atoms with van der Waals surface area (Å²) in [6.45, 7) is 8.82. The van der Waals surface area contributed by atoms with Crippen molar-refractivity contribution < 1.29 is 4.74 Å². The molecule has 0 amide bonds. The Morgan fingerprint density at radius 1 is 0.944 bits per heavy atom. The number of anilines is 3. The van der Waals surface area contributed by atoms with Crippen LogP contribution in [0, 0.1) is 13.8 Å². The van der Waals surface area contributed by atoms with Crippen molar-refractivity contribution in [1.82, 2.24) is 19.9 Å². The first-order valence-corrected chi connectivity index (χ1v) is 12.5. The molecular weight excluding hydrogens is 450 g/mol. The highest BCUT2D eigenvalue weighted by Gasteiger charge is 2.22. The van der Waals surface area contributed by atoms with E-state index in [1.54, 1.807) is 7.11 Å². The fraction of sp³-hybridized carbons (Fsp3) is 0.357. The molecule has 2 N–H and O–H groups in total. The maximum Gasteiger partial charge on any atom is 0.228 e. The Hall–Kier alpha value is -3.94. The number of nitrogens with one attached hydrogen (secondary N) is 2. The lowest BCUT2D eigenvalue weighted by Gasteiger charge is -2.25. The van der Waals surface area contributed by atoms with Gasteiger partial charge in [-0.25, -0.2) is 4.98 Å². The monoisotopic (exact) mass is 483 g/mol. The molecule has 0 aliphatic carbocycles. The third-order valence-corrected chi connectivity index (χ3v) is 6.63. The average molecular weight is 484 g/mol. The number of rotatable bonds is 8. The van der Waals surface area contributed by atoms with Gasteiger partial charge in [0.2, 0.25) is 11.9 Å². The van der Waals surface area contributed by atoms with Gasteiger partial charge in [-0.15, -0.1) is 0 Å². The molecule has 2 aromatic heterocycles. The van der Waals surface area contributed by atoms with E-state index in [1.165, 1.54) is 18.4 Å². The van der Waals surface area contributed by atoms with E-state index in [9.17, 15) is 0 Å². The molecule has 1 atom stereocenters. The number of aromatic nitrogens is 4. The lowest BCUT2D eigenvalue weighted by molar-refractivity contribution is 0.414. The second-order valence-corrected chi connectivity index (χ2v) is 9.34. The summed E-state index contributed by atoms with van der Waals surface area (Å²) in [5, 5.41) is 7.97. The van der Waals surface area contributed by atoms with Crippen molar-refractivity contribution in [3.63, 3.8) is 0 Å². The van der Waals surface area contributed by atoms with Gasteiger partial charge >= 0.3 is 0 Å². The van der Waals surface area contributed by atoms with E-state index in [2.05, 4.69) is 68.6 Å². The van der Waals surface area contributed by atoms with Gasteiger partial charge < -0.3 is 20.3 Å². The normalized spacial score (nSPS) is 14.2. The Labute approximate surface area is 212 Å². The molecule has 8 nitrogen and oxygen atoms in total. The minimum Gasteiger partial charge on any atom is -0.497 e. The number of nitrogens with zero attached hydrogens (tertiary/aromatic N) is 5. The Morgan fingerprint density at radius 2 is 1.69 bits per heavy atom. The minimum atomic E-state index is -0.0331. The lowest BCUT2D eigenvalue weighted by Crippen LogP contribution is -2.23. The number of hydrogen-bond donors (Lipinski definition) is 2. The summed E-state index contributed by atoms with van der Waals surface area (Å²) in [6, 6.07) is 16.5.